The van der Waals surface area contributed by atoms with Crippen molar-refractivity contribution in [3.8, 4) is 0 Å². The molecule has 18 heavy (non-hydrogen) atoms. The Morgan fingerprint density at radius 1 is 1.61 bits per heavy atom. The van der Waals surface area contributed by atoms with Gasteiger partial charge in [-0.3, -0.25) is 0 Å². The number of nitrogens with zero attached hydrogens (tertiary/aromatic N) is 1. The average molecular weight is 254 g/mol. The van der Waals surface area contributed by atoms with E-state index in [9.17, 15) is 9.90 Å². The monoisotopic (exact) mass is 254 g/mol. The highest BCUT2D eigenvalue weighted by Gasteiger charge is 2.31. The fourth-order valence-corrected chi connectivity index (χ4v) is 2.17. The Kier molecular flexibility index (Phi) is 3.56. The summed E-state index contributed by atoms with van der Waals surface area (Å²) in [5.41, 5.74) is -0.883. The lowest BCUT2D eigenvalue weighted by Gasteiger charge is -2.34. The van der Waals surface area contributed by atoms with E-state index in [-0.39, 0.29) is 11.7 Å². The highest BCUT2D eigenvalue weighted by atomic mass is 16.4. The predicted molar refractivity (Wildman–Crippen MR) is 64.5 cm³/mol. The zero-order valence-electron chi connectivity index (χ0n) is 10.3. The molecular weight excluding hydrogens is 236 g/mol. The van der Waals surface area contributed by atoms with Crippen LogP contribution in [0.3, 0.4) is 0 Å². The molecule has 6 heteroatoms. The van der Waals surface area contributed by atoms with E-state index in [1.807, 2.05) is 0 Å². The number of hydrogen-bond acceptors (Lipinski definition) is 5. The number of nitrogens with one attached hydrogen (secondary N) is 1. The molecule has 2 rings (SSSR count). The summed E-state index contributed by atoms with van der Waals surface area (Å²) in [7, 11) is 0. The zero-order valence-corrected chi connectivity index (χ0v) is 10.3. The molecule has 0 spiro atoms. The van der Waals surface area contributed by atoms with E-state index in [0.717, 1.165) is 31.9 Å². The van der Waals surface area contributed by atoms with Crippen LogP contribution in [0, 0.1) is 5.92 Å². The summed E-state index contributed by atoms with van der Waals surface area (Å²) in [5.74, 6) is -0.470. The van der Waals surface area contributed by atoms with E-state index in [1.54, 1.807) is 0 Å². The normalized spacial score (nSPS) is 28.0. The van der Waals surface area contributed by atoms with Gasteiger partial charge in [-0.25, -0.2) is 4.79 Å². The lowest BCUT2D eigenvalue weighted by atomic mass is 9.79. The minimum Gasteiger partial charge on any atom is -0.476 e. The molecule has 1 aliphatic rings. The second kappa shape index (κ2) is 4.97. The van der Waals surface area contributed by atoms with E-state index in [4.69, 9.17) is 9.52 Å². The van der Waals surface area contributed by atoms with Crippen LogP contribution in [-0.4, -0.2) is 33.3 Å². The first-order valence-corrected chi connectivity index (χ1v) is 6.14. The van der Waals surface area contributed by atoms with Crippen LogP contribution in [0.2, 0.25) is 0 Å². The number of carboxylic acid groups (broad SMARTS) is 1. The molecule has 1 aliphatic carbocycles. The summed E-state index contributed by atoms with van der Waals surface area (Å²) in [6, 6.07) is 0.138. The molecule has 1 heterocycles. The number of anilines is 1. The third kappa shape index (κ3) is 3.01. The molecule has 1 aromatic heterocycles. The average Bonchev–Trinajstić information content (AvgIpc) is 2.80. The summed E-state index contributed by atoms with van der Waals surface area (Å²) in [6.07, 6.45) is 4.58. The van der Waals surface area contributed by atoms with Gasteiger partial charge in [-0.05, 0) is 31.6 Å². The van der Waals surface area contributed by atoms with Gasteiger partial charge in [0.15, 0.2) is 5.69 Å². The van der Waals surface area contributed by atoms with Crippen molar-refractivity contribution in [3.05, 3.63) is 12.0 Å². The summed E-state index contributed by atoms with van der Waals surface area (Å²) in [4.78, 5) is 14.4. The maximum absolute atomic E-state index is 10.6. The van der Waals surface area contributed by atoms with Gasteiger partial charge in [0.2, 0.25) is 0 Å². The minimum absolute atomic E-state index is 0.137. The first kappa shape index (κ1) is 12.9. The topological polar surface area (TPSA) is 95.6 Å². The Morgan fingerprint density at radius 3 is 2.83 bits per heavy atom. The van der Waals surface area contributed by atoms with Crippen molar-refractivity contribution in [1.29, 1.82) is 0 Å². The zero-order chi connectivity index (χ0) is 13.2. The molecule has 100 valence electrons. The molecule has 0 saturated heterocycles. The van der Waals surface area contributed by atoms with Crippen molar-refractivity contribution in [2.24, 2.45) is 5.92 Å². The quantitative estimate of drug-likeness (QED) is 0.757. The lowest BCUT2D eigenvalue weighted by Crippen LogP contribution is -2.40. The lowest BCUT2D eigenvalue weighted by molar-refractivity contribution is 0.00460. The second-order valence-electron chi connectivity index (χ2n) is 5.10. The Bertz CT molecular complexity index is 421. The third-order valence-corrected chi connectivity index (χ3v) is 3.50. The molecule has 1 fully saturated rings. The standard InChI is InChI=1S/C12H18N2O4/c1-8-2-4-12(17,5-3-8)7-13-11-14-9(6-18-11)10(15)16/h6,8,17H,2-5,7H2,1H3,(H,13,14)(H,15,16). The van der Waals surface area contributed by atoms with Gasteiger partial charge >= 0.3 is 5.97 Å². The van der Waals surface area contributed by atoms with Crippen molar-refractivity contribution in [1.82, 2.24) is 4.98 Å². The van der Waals surface area contributed by atoms with Crippen LogP contribution in [0.15, 0.2) is 10.7 Å². The Balaban J connectivity index is 1.88. The molecule has 0 aromatic carbocycles. The first-order chi connectivity index (χ1) is 8.48. The van der Waals surface area contributed by atoms with Crippen LogP contribution in [0.25, 0.3) is 0 Å². The third-order valence-electron chi connectivity index (χ3n) is 3.50. The number of hydrogen-bond donors (Lipinski definition) is 3. The number of aromatic carboxylic acids is 1. The predicted octanol–water partition coefficient (Wildman–Crippen LogP) is 1.73. The van der Waals surface area contributed by atoms with Gasteiger partial charge in [0, 0.05) is 6.54 Å². The highest BCUT2D eigenvalue weighted by molar-refractivity contribution is 5.85. The van der Waals surface area contributed by atoms with Crippen molar-refractivity contribution in [2.75, 3.05) is 11.9 Å². The fourth-order valence-electron chi connectivity index (χ4n) is 2.17. The van der Waals surface area contributed by atoms with E-state index < -0.39 is 11.6 Å². The van der Waals surface area contributed by atoms with Gasteiger partial charge in [-0.1, -0.05) is 6.92 Å². The largest absolute Gasteiger partial charge is 0.476 e. The summed E-state index contributed by atoms with van der Waals surface area (Å²) >= 11 is 0. The van der Waals surface area contributed by atoms with E-state index in [2.05, 4.69) is 17.2 Å². The van der Waals surface area contributed by atoms with Gasteiger partial charge in [0.05, 0.1) is 5.60 Å². The van der Waals surface area contributed by atoms with E-state index in [0.29, 0.717) is 12.5 Å². The van der Waals surface area contributed by atoms with Gasteiger partial charge in [0.1, 0.15) is 6.26 Å². The molecule has 1 aromatic rings. The molecule has 0 atom stereocenters. The SMILES string of the molecule is CC1CCC(O)(CNc2nc(C(=O)O)co2)CC1. The molecular formula is C12H18N2O4. The van der Waals surface area contributed by atoms with Gasteiger partial charge < -0.3 is 19.9 Å². The maximum Gasteiger partial charge on any atom is 0.357 e. The number of oxazole rings is 1. The molecule has 3 N–H and O–H groups in total. The van der Waals surface area contributed by atoms with Crippen LogP contribution in [0.5, 0.6) is 0 Å². The molecule has 1 saturated carbocycles. The Labute approximate surface area is 105 Å². The van der Waals surface area contributed by atoms with Crippen molar-refractivity contribution in [2.45, 2.75) is 38.2 Å². The Morgan fingerprint density at radius 2 is 2.28 bits per heavy atom. The van der Waals surface area contributed by atoms with Gasteiger partial charge in [0.25, 0.3) is 6.01 Å². The maximum atomic E-state index is 10.6. The summed E-state index contributed by atoms with van der Waals surface area (Å²) in [5, 5.41) is 21.9. The summed E-state index contributed by atoms with van der Waals surface area (Å²) < 4.78 is 4.97. The summed E-state index contributed by atoms with van der Waals surface area (Å²) in [6.45, 7) is 2.51. The molecule has 0 aliphatic heterocycles. The van der Waals surface area contributed by atoms with E-state index >= 15 is 0 Å². The molecule has 0 radical (unpaired) electrons. The van der Waals surface area contributed by atoms with E-state index in [1.165, 1.54) is 0 Å². The first-order valence-electron chi connectivity index (χ1n) is 6.14. The number of carbonyl (C=O) groups is 1. The van der Waals surface area contributed by atoms with Crippen molar-refractivity contribution < 1.29 is 19.4 Å². The van der Waals surface area contributed by atoms with Crippen LogP contribution in [-0.2, 0) is 0 Å². The molecule has 0 amide bonds. The van der Waals surface area contributed by atoms with Crippen molar-refractivity contribution in [3.63, 3.8) is 0 Å². The van der Waals surface area contributed by atoms with Gasteiger partial charge in [-0.2, -0.15) is 4.98 Å². The molecule has 0 bridgehead atoms. The van der Waals surface area contributed by atoms with Crippen LogP contribution >= 0.6 is 0 Å². The smallest absolute Gasteiger partial charge is 0.357 e. The number of carboxylic acids is 1. The Hall–Kier alpha value is -1.56. The van der Waals surface area contributed by atoms with Gasteiger partial charge in [-0.15, -0.1) is 0 Å². The number of aromatic nitrogens is 1. The van der Waals surface area contributed by atoms with Crippen LogP contribution in [0.4, 0.5) is 6.01 Å². The minimum atomic E-state index is -1.13. The van der Waals surface area contributed by atoms with Crippen LogP contribution in [0.1, 0.15) is 43.1 Å². The highest BCUT2D eigenvalue weighted by Crippen LogP contribution is 2.31. The number of rotatable bonds is 4. The second-order valence-corrected chi connectivity index (χ2v) is 5.10. The molecule has 0 unspecified atom stereocenters. The fraction of sp³-hybridized carbons (Fsp3) is 0.667. The molecule has 6 nitrogen and oxygen atoms in total. The number of aliphatic hydroxyl groups is 1. The van der Waals surface area contributed by atoms with Crippen molar-refractivity contribution >= 4 is 12.0 Å². The van der Waals surface area contributed by atoms with Crippen LogP contribution < -0.4 is 5.32 Å².